The van der Waals surface area contributed by atoms with Crippen LogP contribution in [0.15, 0.2) is 24.3 Å². The first-order valence-corrected chi connectivity index (χ1v) is 6.59. The van der Waals surface area contributed by atoms with Gasteiger partial charge in [0.15, 0.2) is 5.78 Å². The molecule has 0 amide bonds. The molecule has 1 aromatic carbocycles. The lowest BCUT2D eigenvalue weighted by atomic mass is 10.1. The maximum Gasteiger partial charge on any atom is 0.164 e. The fourth-order valence-corrected chi connectivity index (χ4v) is 1.68. The molecule has 0 saturated carbocycles. The monoisotopic (exact) mass is 285 g/mol. The molecular formula is C17H25NO2. The van der Waals surface area contributed by atoms with E-state index in [9.17, 15) is 4.79 Å². The Bertz CT molecular complexity index is 749. The largest absolute Gasteiger partial charge is 0.494 e. The molecule has 1 aliphatic rings. The first-order chi connectivity index (χ1) is 13.6. The molecule has 0 radical (unpaired) electrons. The van der Waals surface area contributed by atoms with Crippen molar-refractivity contribution in [3.63, 3.8) is 0 Å². The Morgan fingerprint density at radius 3 is 2.60 bits per heavy atom. The molecule has 0 aromatic heterocycles. The lowest BCUT2D eigenvalue weighted by Crippen LogP contribution is -2.31. The molecule has 0 unspecified atom stereocenters. The van der Waals surface area contributed by atoms with Crippen LogP contribution < -0.4 is 4.74 Å². The van der Waals surface area contributed by atoms with E-state index in [1.165, 1.54) is 12.1 Å². The molecule has 1 aromatic rings. The van der Waals surface area contributed by atoms with Gasteiger partial charge in [0.2, 0.25) is 0 Å². The number of carbonyl (C=O) groups excluding carboxylic acids is 1. The fourth-order valence-electron chi connectivity index (χ4n) is 1.68. The van der Waals surface area contributed by atoms with E-state index < -0.39 is 50.9 Å². The van der Waals surface area contributed by atoms with Gasteiger partial charge in [0.25, 0.3) is 0 Å². The van der Waals surface area contributed by atoms with Gasteiger partial charge < -0.3 is 9.64 Å². The van der Waals surface area contributed by atoms with Crippen LogP contribution in [0.5, 0.6) is 5.75 Å². The molecule has 0 spiro atoms. The smallest absolute Gasteiger partial charge is 0.164 e. The second-order valence-electron chi connectivity index (χ2n) is 4.30. The zero-order valence-corrected chi connectivity index (χ0v) is 11.4. The minimum atomic E-state index is -3.46. The first-order valence-electron chi connectivity index (χ1n) is 11.6. The Morgan fingerprint density at radius 1 is 1.25 bits per heavy atom. The van der Waals surface area contributed by atoms with Crippen LogP contribution in [-0.2, 0) is 0 Å². The predicted molar refractivity (Wildman–Crippen MR) is 81.5 cm³/mol. The molecule has 1 fully saturated rings. The summed E-state index contributed by atoms with van der Waals surface area (Å²) in [4.78, 5) is 12.8. The summed E-state index contributed by atoms with van der Waals surface area (Å²) in [5.74, 6) is 0.0964. The SMILES string of the molecule is [2H]C1([2H])N(CCC(=O)c2ccc(OCCC)cc2)C([2H])([2H])C([2H])([2H])C([2H])([2H])C1([2H])[2H]. The van der Waals surface area contributed by atoms with Crippen molar-refractivity contribution in [3.05, 3.63) is 29.8 Å². The van der Waals surface area contributed by atoms with E-state index in [1.54, 1.807) is 12.1 Å². The third-order valence-corrected chi connectivity index (χ3v) is 2.72. The van der Waals surface area contributed by atoms with Crippen molar-refractivity contribution in [2.24, 2.45) is 0 Å². The zero-order valence-electron chi connectivity index (χ0n) is 21.4. The zero-order chi connectivity index (χ0) is 23.2. The molecule has 20 heavy (non-hydrogen) atoms. The van der Waals surface area contributed by atoms with Crippen LogP contribution in [0.2, 0.25) is 0 Å². The highest BCUT2D eigenvalue weighted by Crippen LogP contribution is 2.15. The quantitative estimate of drug-likeness (QED) is 0.718. The van der Waals surface area contributed by atoms with Crippen molar-refractivity contribution in [2.75, 3.05) is 26.1 Å². The summed E-state index contributed by atoms with van der Waals surface area (Å²) in [6.07, 6.45) is -9.81. The predicted octanol–water partition coefficient (Wildman–Crippen LogP) is 3.53. The van der Waals surface area contributed by atoms with E-state index in [-0.39, 0.29) is 10.5 Å². The molecule has 1 heterocycles. The summed E-state index contributed by atoms with van der Waals surface area (Å²) in [5, 5.41) is 0. The number of hydrogen-bond acceptors (Lipinski definition) is 3. The molecule has 0 N–H and O–H groups in total. The summed E-state index contributed by atoms with van der Waals surface area (Å²) in [6, 6.07) is 6.19. The Hall–Kier alpha value is -1.35. The van der Waals surface area contributed by atoms with Gasteiger partial charge in [0, 0.05) is 32.2 Å². The lowest BCUT2D eigenvalue weighted by Gasteiger charge is -2.25. The van der Waals surface area contributed by atoms with Crippen LogP contribution in [0.1, 0.15) is 62.9 Å². The minimum absolute atomic E-state index is 0.262. The number of rotatable bonds is 7. The molecule has 0 bridgehead atoms. The number of ether oxygens (including phenoxy) is 1. The molecule has 3 heteroatoms. The molecule has 110 valence electrons. The van der Waals surface area contributed by atoms with Gasteiger partial charge in [-0.1, -0.05) is 13.3 Å². The van der Waals surface area contributed by atoms with Gasteiger partial charge >= 0.3 is 0 Å². The number of ketones is 1. The van der Waals surface area contributed by atoms with Gasteiger partial charge in [0.05, 0.1) is 6.61 Å². The number of likely N-dealkylation sites (tertiary alicyclic amines) is 1. The summed E-state index contributed by atoms with van der Waals surface area (Å²) in [5.41, 5.74) is 0.262. The molecule has 1 saturated heterocycles. The highest BCUT2D eigenvalue weighted by molar-refractivity contribution is 5.96. The molecule has 1 aliphatic heterocycles. The third-order valence-electron chi connectivity index (χ3n) is 2.72. The average Bonchev–Trinajstić information content (AvgIpc) is 2.65. The number of nitrogens with zero attached hydrogens (tertiary/aromatic N) is 1. The van der Waals surface area contributed by atoms with E-state index in [1.807, 2.05) is 6.92 Å². The van der Waals surface area contributed by atoms with Crippen LogP contribution in [0.4, 0.5) is 0 Å². The maximum absolute atomic E-state index is 12.5. The van der Waals surface area contributed by atoms with Crippen molar-refractivity contribution in [1.82, 2.24) is 4.90 Å². The summed E-state index contributed by atoms with van der Waals surface area (Å²) < 4.78 is 84.8. The molecule has 3 nitrogen and oxygen atoms in total. The first kappa shape index (κ1) is 6.61. The maximum atomic E-state index is 12.5. The summed E-state index contributed by atoms with van der Waals surface area (Å²) in [6.45, 7) is -4.58. The van der Waals surface area contributed by atoms with Gasteiger partial charge in [-0.05, 0) is 56.4 Å². The highest BCUT2D eigenvalue weighted by Gasteiger charge is 2.12. The van der Waals surface area contributed by atoms with Crippen molar-refractivity contribution >= 4 is 5.78 Å². The second-order valence-corrected chi connectivity index (χ2v) is 4.30. The van der Waals surface area contributed by atoms with Crippen LogP contribution in [0, 0.1) is 0 Å². The Morgan fingerprint density at radius 2 is 1.95 bits per heavy atom. The van der Waals surface area contributed by atoms with Crippen molar-refractivity contribution in [1.29, 1.82) is 0 Å². The molecule has 0 atom stereocenters. The summed E-state index contributed by atoms with van der Waals surface area (Å²) >= 11 is 0. The lowest BCUT2D eigenvalue weighted by molar-refractivity contribution is 0.0958. The van der Waals surface area contributed by atoms with Crippen LogP contribution in [-0.4, -0.2) is 36.8 Å². The van der Waals surface area contributed by atoms with E-state index in [2.05, 4.69) is 0 Å². The molecule has 0 aliphatic carbocycles. The average molecular weight is 285 g/mol. The number of Topliss-reactive ketones (excluding diaryl/α,β-unsaturated/α-hetero) is 1. The summed E-state index contributed by atoms with van der Waals surface area (Å²) in [7, 11) is 0. The molecular weight excluding hydrogens is 250 g/mol. The van der Waals surface area contributed by atoms with Crippen LogP contribution in [0.25, 0.3) is 0 Å². The van der Waals surface area contributed by atoms with E-state index >= 15 is 0 Å². The normalized spacial score (nSPS) is 36.0. The van der Waals surface area contributed by atoms with Crippen molar-refractivity contribution < 1.29 is 23.2 Å². The van der Waals surface area contributed by atoms with E-state index in [0.717, 1.165) is 6.42 Å². The van der Waals surface area contributed by atoms with E-state index in [0.29, 0.717) is 12.4 Å². The van der Waals surface area contributed by atoms with Gasteiger partial charge in [-0.15, -0.1) is 0 Å². The minimum Gasteiger partial charge on any atom is -0.494 e. The van der Waals surface area contributed by atoms with Crippen LogP contribution in [0.3, 0.4) is 0 Å². The number of carbonyl (C=O) groups is 1. The topological polar surface area (TPSA) is 29.5 Å². The standard InChI is InChI=1S/C17H25NO2/c1-2-14-20-16-8-6-15(7-9-16)17(19)10-13-18-11-4-3-5-12-18/h6-9H,2-5,10-14H2,1H3/i3D2,4D2,5D2,11D2,12D2. The Balaban J connectivity index is 2.25. The van der Waals surface area contributed by atoms with Crippen LogP contribution >= 0.6 is 0 Å². The fraction of sp³-hybridized carbons (Fsp3) is 0.588. The van der Waals surface area contributed by atoms with Crippen molar-refractivity contribution in [2.45, 2.75) is 38.9 Å². The van der Waals surface area contributed by atoms with Gasteiger partial charge in [-0.25, -0.2) is 0 Å². The highest BCUT2D eigenvalue weighted by atomic mass is 16.5. The van der Waals surface area contributed by atoms with Gasteiger partial charge in [-0.3, -0.25) is 4.79 Å². The molecule has 2 rings (SSSR count). The second kappa shape index (κ2) is 8.05. The Kier molecular flexibility index (Phi) is 2.66. The van der Waals surface area contributed by atoms with Gasteiger partial charge in [0.1, 0.15) is 5.75 Å². The van der Waals surface area contributed by atoms with Gasteiger partial charge in [-0.2, -0.15) is 0 Å². The number of benzene rings is 1. The van der Waals surface area contributed by atoms with Crippen molar-refractivity contribution in [3.8, 4) is 5.75 Å². The third kappa shape index (κ3) is 4.64. The Labute approximate surface area is 136 Å². The number of piperidine rings is 1. The number of hydrogen-bond donors (Lipinski definition) is 0. The van der Waals surface area contributed by atoms with E-state index in [4.69, 9.17) is 18.4 Å².